The van der Waals surface area contributed by atoms with Gasteiger partial charge in [0.15, 0.2) is 5.78 Å². The summed E-state index contributed by atoms with van der Waals surface area (Å²) in [6.07, 6.45) is -0.236. The van der Waals surface area contributed by atoms with Gasteiger partial charge in [0.05, 0.1) is 17.0 Å². The molecule has 1 aliphatic heterocycles. The summed E-state index contributed by atoms with van der Waals surface area (Å²) in [7, 11) is 0. The maximum Gasteiger partial charge on any atom is 0.271 e. The molecule has 0 fully saturated rings. The highest BCUT2D eigenvalue weighted by atomic mass is 16.6. The van der Waals surface area contributed by atoms with Crippen molar-refractivity contribution >= 4 is 28.8 Å². The minimum atomic E-state index is -0.549. The first-order valence-electron chi connectivity index (χ1n) is 6.27. The Morgan fingerprint density at radius 1 is 1.05 bits per heavy atom. The van der Waals surface area contributed by atoms with E-state index in [4.69, 9.17) is 0 Å². The third-order valence-electron chi connectivity index (χ3n) is 3.31. The van der Waals surface area contributed by atoms with E-state index < -0.39 is 4.92 Å². The predicted molar refractivity (Wildman–Crippen MR) is 75.6 cm³/mol. The average Bonchev–Trinajstić information content (AvgIpc) is 2.47. The zero-order valence-electron chi connectivity index (χ0n) is 10.9. The first kappa shape index (κ1) is 13.0. The molecular weight excluding hydrogens is 272 g/mol. The maximum absolute atomic E-state index is 12.2. The Labute approximate surface area is 119 Å². The van der Waals surface area contributed by atoms with Crippen LogP contribution >= 0.6 is 0 Å². The van der Waals surface area contributed by atoms with E-state index in [0.717, 1.165) is 0 Å². The maximum atomic E-state index is 12.2. The highest BCUT2D eigenvalue weighted by Crippen LogP contribution is 2.36. The van der Waals surface area contributed by atoms with Crippen molar-refractivity contribution in [3.63, 3.8) is 0 Å². The molecule has 104 valence electrons. The summed E-state index contributed by atoms with van der Waals surface area (Å²) in [6, 6.07) is 12.7. The van der Waals surface area contributed by atoms with Crippen molar-refractivity contribution in [1.29, 1.82) is 0 Å². The molecule has 1 heterocycles. The van der Waals surface area contributed by atoms with E-state index in [1.165, 1.54) is 23.1 Å². The highest BCUT2D eigenvalue weighted by Gasteiger charge is 2.32. The Bertz CT molecular complexity index is 756. The molecule has 0 N–H and O–H groups in total. The Morgan fingerprint density at radius 3 is 2.43 bits per heavy atom. The highest BCUT2D eigenvalue weighted by molar-refractivity contribution is 6.22. The molecule has 0 atom stereocenters. The number of carbonyl (C=O) groups excluding carboxylic acids is 2. The fraction of sp³-hybridized carbons (Fsp3) is 0.0667. The number of nitrogens with zero attached hydrogens (tertiary/aromatic N) is 2. The second-order valence-corrected chi connectivity index (χ2v) is 4.62. The lowest BCUT2D eigenvalue weighted by atomic mass is 9.98. The molecule has 21 heavy (non-hydrogen) atoms. The number of amides is 1. The molecule has 0 aliphatic carbocycles. The van der Waals surface area contributed by atoms with Crippen molar-refractivity contribution in [1.82, 2.24) is 0 Å². The molecule has 0 spiro atoms. The lowest BCUT2D eigenvalue weighted by molar-refractivity contribution is -0.384. The van der Waals surface area contributed by atoms with Crippen LogP contribution in [0.1, 0.15) is 16.8 Å². The van der Waals surface area contributed by atoms with Gasteiger partial charge in [0.2, 0.25) is 5.91 Å². The number of rotatable bonds is 2. The number of nitro benzene ring substituents is 1. The molecule has 2 aromatic carbocycles. The molecule has 0 radical (unpaired) electrons. The number of nitro groups is 1. The average molecular weight is 282 g/mol. The summed E-state index contributed by atoms with van der Waals surface area (Å²) in [4.78, 5) is 35.8. The van der Waals surface area contributed by atoms with Gasteiger partial charge in [-0.1, -0.05) is 18.2 Å². The van der Waals surface area contributed by atoms with Crippen LogP contribution in [0.25, 0.3) is 0 Å². The summed E-state index contributed by atoms with van der Waals surface area (Å²) in [5, 5.41) is 10.9. The second kappa shape index (κ2) is 4.82. The minimum Gasteiger partial charge on any atom is -0.294 e. The Kier molecular flexibility index (Phi) is 2.98. The number of para-hydroxylation sites is 1. The smallest absolute Gasteiger partial charge is 0.271 e. The summed E-state index contributed by atoms with van der Waals surface area (Å²) in [5.74, 6) is -0.712. The van der Waals surface area contributed by atoms with Crippen molar-refractivity contribution in [2.75, 3.05) is 4.90 Å². The van der Waals surface area contributed by atoms with E-state index in [1.807, 2.05) is 0 Å². The van der Waals surface area contributed by atoms with Crippen LogP contribution in [0.4, 0.5) is 17.1 Å². The molecule has 3 rings (SSSR count). The van der Waals surface area contributed by atoms with Gasteiger partial charge in [-0.25, -0.2) is 0 Å². The van der Waals surface area contributed by atoms with Crippen molar-refractivity contribution in [2.24, 2.45) is 0 Å². The fourth-order valence-corrected chi connectivity index (χ4v) is 2.36. The number of hydrogen-bond donors (Lipinski definition) is 0. The van der Waals surface area contributed by atoms with E-state index in [1.54, 1.807) is 30.3 Å². The SMILES string of the molecule is O=C1CC(=O)N(c2ccccc2)c2cc([N+](=O)[O-])ccc21. The van der Waals surface area contributed by atoms with Gasteiger partial charge in [0.1, 0.15) is 0 Å². The number of anilines is 2. The van der Waals surface area contributed by atoms with Crippen LogP contribution in [0.15, 0.2) is 48.5 Å². The van der Waals surface area contributed by atoms with Crippen LogP contribution in [-0.4, -0.2) is 16.6 Å². The molecule has 0 saturated heterocycles. The summed E-state index contributed by atoms with van der Waals surface area (Å²) in [6.45, 7) is 0. The van der Waals surface area contributed by atoms with Gasteiger partial charge >= 0.3 is 0 Å². The number of fused-ring (bicyclic) bond motifs is 1. The molecule has 0 saturated carbocycles. The van der Waals surface area contributed by atoms with E-state index in [2.05, 4.69) is 0 Å². The van der Waals surface area contributed by atoms with Crippen molar-refractivity contribution in [3.05, 3.63) is 64.2 Å². The first-order valence-corrected chi connectivity index (χ1v) is 6.27. The van der Waals surface area contributed by atoms with Crippen molar-refractivity contribution in [2.45, 2.75) is 6.42 Å². The van der Waals surface area contributed by atoms with E-state index in [9.17, 15) is 19.7 Å². The molecule has 0 aromatic heterocycles. The molecule has 1 aliphatic rings. The normalized spacial score (nSPS) is 14.0. The van der Waals surface area contributed by atoms with Gasteiger partial charge in [-0.2, -0.15) is 0 Å². The van der Waals surface area contributed by atoms with Gasteiger partial charge in [-0.15, -0.1) is 0 Å². The number of non-ortho nitro benzene ring substituents is 1. The van der Waals surface area contributed by atoms with Crippen molar-refractivity contribution in [3.8, 4) is 0 Å². The summed E-state index contributed by atoms with van der Waals surface area (Å²) in [5.41, 5.74) is 1.01. The van der Waals surface area contributed by atoms with Crippen LogP contribution < -0.4 is 4.90 Å². The van der Waals surface area contributed by atoms with Crippen LogP contribution in [0.3, 0.4) is 0 Å². The third-order valence-corrected chi connectivity index (χ3v) is 3.31. The number of ketones is 1. The zero-order chi connectivity index (χ0) is 15.0. The second-order valence-electron chi connectivity index (χ2n) is 4.62. The first-order chi connectivity index (χ1) is 10.1. The van der Waals surface area contributed by atoms with Gasteiger partial charge < -0.3 is 0 Å². The lowest BCUT2D eigenvalue weighted by Gasteiger charge is -2.28. The molecular formula is C15H10N2O4. The van der Waals surface area contributed by atoms with E-state index >= 15 is 0 Å². The van der Waals surface area contributed by atoms with Crippen molar-refractivity contribution < 1.29 is 14.5 Å². The van der Waals surface area contributed by atoms with Crippen LogP contribution in [0.5, 0.6) is 0 Å². The standard InChI is InChI=1S/C15H10N2O4/c18-14-9-15(19)16(10-4-2-1-3-5-10)13-8-11(17(20)21)6-7-12(13)14/h1-8H,9H2. The molecule has 6 heteroatoms. The molecule has 0 unspecified atom stereocenters. The monoisotopic (exact) mass is 282 g/mol. The fourth-order valence-electron chi connectivity index (χ4n) is 2.36. The number of benzene rings is 2. The quantitative estimate of drug-likeness (QED) is 0.482. The summed E-state index contributed by atoms with van der Waals surface area (Å²) < 4.78 is 0. The Balaban J connectivity index is 2.21. The topological polar surface area (TPSA) is 80.5 Å². The molecule has 6 nitrogen and oxygen atoms in total. The van der Waals surface area contributed by atoms with Gasteiger partial charge in [-0.3, -0.25) is 24.6 Å². The van der Waals surface area contributed by atoms with Crippen LogP contribution in [-0.2, 0) is 4.79 Å². The van der Waals surface area contributed by atoms with Crippen LogP contribution in [0.2, 0.25) is 0 Å². The molecule has 2 aromatic rings. The third kappa shape index (κ3) is 2.16. The minimum absolute atomic E-state index is 0.155. The van der Waals surface area contributed by atoms with Gasteiger partial charge in [-0.05, 0) is 18.2 Å². The van der Waals surface area contributed by atoms with Gasteiger partial charge in [0, 0.05) is 23.4 Å². The van der Waals surface area contributed by atoms with E-state index in [0.29, 0.717) is 11.3 Å². The Hall–Kier alpha value is -3.02. The lowest BCUT2D eigenvalue weighted by Crippen LogP contribution is -2.33. The Morgan fingerprint density at radius 2 is 1.76 bits per heavy atom. The zero-order valence-corrected chi connectivity index (χ0v) is 10.9. The predicted octanol–water partition coefficient (Wildman–Crippen LogP) is 2.85. The number of carbonyl (C=O) groups is 2. The summed E-state index contributed by atoms with van der Waals surface area (Å²) >= 11 is 0. The molecule has 1 amide bonds. The van der Waals surface area contributed by atoms with Gasteiger partial charge in [0.25, 0.3) is 5.69 Å². The van der Waals surface area contributed by atoms with E-state index in [-0.39, 0.29) is 29.5 Å². The number of hydrogen-bond acceptors (Lipinski definition) is 4. The van der Waals surface area contributed by atoms with Crippen LogP contribution in [0, 0.1) is 10.1 Å². The number of Topliss-reactive ketones (excluding diaryl/α,β-unsaturated/α-hetero) is 1. The molecule has 0 bridgehead atoms. The largest absolute Gasteiger partial charge is 0.294 e.